The Kier molecular flexibility index (Phi) is 3.70. The number of nitrogens with zero attached hydrogens (tertiary/aromatic N) is 2. The van der Waals surface area contributed by atoms with E-state index in [1.807, 2.05) is 42.9 Å². The van der Waals surface area contributed by atoms with Crippen molar-refractivity contribution in [1.82, 2.24) is 9.78 Å². The van der Waals surface area contributed by atoms with Crippen molar-refractivity contribution in [3.63, 3.8) is 0 Å². The van der Waals surface area contributed by atoms with Gasteiger partial charge in [-0.05, 0) is 36.6 Å². The first-order valence-electron chi connectivity index (χ1n) is 6.98. The molecule has 0 amide bonds. The van der Waals surface area contributed by atoms with Crippen LogP contribution in [0.5, 0.6) is 0 Å². The molecule has 0 radical (unpaired) electrons. The van der Waals surface area contributed by atoms with Crippen LogP contribution in [0.25, 0.3) is 10.9 Å². The van der Waals surface area contributed by atoms with Gasteiger partial charge in [0.1, 0.15) is 0 Å². The fourth-order valence-electron chi connectivity index (χ4n) is 2.67. The maximum absolute atomic E-state index is 6.38. The molecular weight excluding hydrogens is 282 g/mol. The molecule has 0 aliphatic carbocycles. The van der Waals surface area contributed by atoms with Crippen LogP contribution in [-0.4, -0.2) is 9.78 Å². The van der Waals surface area contributed by atoms with Crippen LogP contribution in [0, 0.1) is 6.92 Å². The van der Waals surface area contributed by atoms with Gasteiger partial charge in [-0.15, -0.1) is 0 Å². The second-order valence-corrected chi connectivity index (χ2v) is 5.84. The van der Waals surface area contributed by atoms with Gasteiger partial charge in [0.05, 0.1) is 17.3 Å². The summed E-state index contributed by atoms with van der Waals surface area (Å²) < 4.78 is 1.88. The number of hydrogen-bond donors (Lipinski definition) is 1. The first-order valence-corrected chi connectivity index (χ1v) is 7.36. The maximum Gasteiger partial charge on any atom is 0.0873 e. The van der Waals surface area contributed by atoms with Gasteiger partial charge in [-0.2, -0.15) is 5.10 Å². The molecule has 0 saturated carbocycles. The van der Waals surface area contributed by atoms with E-state index in [4.69, 9.17) is 17.3 Å². The van der Waals surface area contributed by atoms with Gasteiger partial charge in [-0.1, -0.05) is 41.9 Å². The van der Waals surface area contributed by atoms with Crippen LogP contribution < -0.4 is 5.73 Å². The lowest BCUT2D eigenvalue weighted by atomic mass is 10.0. The van der Waals surface area contributed by atoms with Gasteiger partial charge in [0.2, 0.25) is 0 Å². The molecule has 0 spiro atoms. The fraction of sp³-hybridized carbons (Fsp3) is 0.235. The third-order valence-electron chi connectivity index (χ3n) is 3.79. The Morgan fingerprint density at radius 3 is 2.76 bits per heavy atom. The molecule has 0 fully saturated rings. The lowest BCUT2D eigenvalue weighted by Gasteiger charge is -2.11. The number of para-hydroxylation sites is 1. The van der Waals surface area contributed by atoms with Gasteiger partial charge in [0.15, 0.2) is 0 Å². The largest absolute Gasteiger partial charge is 0.322 e. The van der Waals surface area contributed by atoms with Crippen LogP contribution in [0.3, 0.4) is 0 Å². The maximum atomic E-state index is 6.38. The second kappa shape index (κ2) is 5.51. The van der Waals surface area contributed by atoms with Crippen LogP contribution in [0.4, 0.5) is 0 Å². The number of fused-ring (bicyclic) bond motifs is 1. The van der Waals surface area contributed by atoms with Crippen molar-refractivity contribution in [2.24, 2.45) is 12.8 Å². The molecule has 21 heavy (non-hydrogen) atoms. The van der Waals surface area contributed by atoms with Gasteiger partial charge < -0.3 is 5.73 Å². The molecule has 1 unspecified atom stereocenters. The molecule has 2 N–H and O–H groups in total. The molecule has 1 heterocycles. The van der Waals surface area contributed by atoms with Crippen LogP contribution >= 0.6 is 11.6 Å². The molecule has 0 aliphatic heterocycles. The smallest absolute Gasteiger partial charge is 0.0873 e. The molecule has 4 heteroatoms. The zero-order valence-corrected chi connectivity index (χ0v) is 12.9. The van der Waals surface area contributed by atoms with E-state index < -0.39 is 0 Å². The highest BCUT2D eigenvalue weighted by atomic mass is 35.5. The molecule has 0 saturated heterocycles. The van der Waals surface area contributed by atoms with Gasteiger partial charge in [-0.25, -0.2) is 0 Å². The Hall–Kier alpha value is -1.84. The number of aromatic nitrogens is 2. The molecule has 1 aromatic heterocycles. The molecule has 3 nitrogen and oxygen atoms in total. The second-order valence-electron chi connectivity index (χ2n) is 5.43. The predicted molar refractivity (Wildman–Crippen MR) is 87.5 cm³/mol. The average molecular weight is 300 g/mol. The minimum absolute atomic E-state index is 0.170. The predicted octanol–water partition coefficient (Wildman–Crippen LogP) is 3.78. The van der Waals surface area contributed by atoms with Crippen molar-refractivity contribution < 1.29 is 0 Å². The van der Waals surface area contributed by atoms with Gasteiger partial charge in [-0.3, -0.25) is 4.68 Å². The monoisotopic (exact) mass is 299 g/mol. The minimum Gasteiger partial charge on any atom is -0.322 e. The summed E-state index contributed by atoms with van der Waals surface area (Å²) in [5.74, 6) is 0. The molecule has 2 aromatic carbocycles. The number of aryl methyl sites for hydroxylation is 2. The van der Waals surface area contributed by atoms with Crippen LogP contribution in [0.2, 0.25) is 5.02 Å². The van der Waals surface area contributed by atoms with E-state index in [2.05, 4.69) is 23.3 Å². The van der Waals surface area contributed by atoms with Crippen molar-refractivity contribution in [1.29, 1.82) is 0 Å². The highest BCUT2D eigenvalue weighted by Gasteiger charge is 2.16. The van der Waals surface area contributed by atoms with E-state index in [1.54, 1.807) is 0 Å². The van der Waals surface area contributed by atoms with Crippen molar-refractivity contribution in [2.45, 2.75) is 19.4 Å². The van der Waals surface area contributed by atoms with E-state index in [9.17, 15) is 0 Å². The molecule has 3 aromatic rings. The Labute approximate surface area is 129 Å². The summed E-state index contributed by atoms with van der Waals surface area (Å²) in [6, 6.07) is 14.0. The van der Waals surface area contributed by atoms with Gasteiger partial charge in [0, 0.05) is 17.5 Å². The fourth-order valence-corrected chi connectivity index (χ4v) is 2.98. The number of hydrogen-bond acceptors (Lipinski definition) is 2. The normalized spacial score (nSPS) is 12.8. The molecule has 0 aliphatic rings. The van der Waals surface area contributed by atoms with E-state index in [1.165, 1.54) is 0 Å². The highest BCUT2D eigenvalue weighted by molar-refractivity contribution is 6.31. The summed E-state index contributed by atoms with van der Waals surface area (Å²) in [5, 5.41) is 6.46. The van der Waals surface area contributed by atoms with Gasteiger partial charge in [0.25, 0.3) is 0 Å². The number of nitrogens with two attached hydrogens (primary N) is 1. The lowest BCUT2D eigenvalue weighted by Crippen LogP contribution is -2.15. The highest BCUT2D eigenvalue weighted by Crippen LogP contribution is 2.27. The lowest BCUT2D eigenvalue weighted by molar-refractivity contribution is 0.665. The van der Waals surface area contributed by atoms with Crippen molar-refractivity contribution >= 4 is 22.5 Å². The Balaban J connectivity index is 1.95. The summed E-state index contributed by atoms with van der Waals surface area (Å²) in [7, 11) is 1.94. The third-order valence-corrected chi connectivity index (χ3v) is 4.14. The summed E-state index contributed by atoms with van der Waals surface area (Å²) in [4.78, 5) is 0. The van der Waals surface area contributed by atoms with Crippen LogP contribution in [-0.2, 0) is 13.5 Å². The summed E-state index contributed by atoms with van der Waals surface area (Å²) in [5.41, 5.74) is 10.6. The van der Waals surface area contributed by atoms with Crippen molar-refractivity contribution in [2.75, 3.05) is 0 Å². The zero-order chi connectivity index (χ0) is 15.0. The standard InChI is InChI=1S/C17H18ClN3/c1-11-7-8-12(14(18)9-11)10-15(19)17-13-5-3-4-6-16(13)21(2)20-17/h3-9,15H,10,19H2,1-2H3. The van der Waals surface area contributed by atoms with Gasteiger partial charge >= 0.3 is 0 Å². The Bertz CT molecular complexity index is 792. The summed E-state index contributed by atoms with van der Waals surface area (Å²) >= 11 is 6.30. The average Bonchev–Trinajstić information content (AvgIpc) is 2.80. The number of rotatable bonds is 3. The first kappa shape index (κ1) is 14.1. The van der Waals surface area contributed by atoms with E-state index in [0.717, 1.165) is 32.7 Å². The Morgan fingerprint density at radius 2 is 2.00 bits per heavy atom. The number of benzene rings is 2. The molecule has 1 atom stereocenters. The molecular formula is C17H18ClN3. The Morgan fingerprint density at radius 1 is 1.24 bits per heavy atom. The SMILES string of the molecule is Cc1ccc(CC(N)c2nn(C)c3ccccc23)c(Cl)c1. The van der Waals surface area contributed by atoms with Crippen molar-refractivity contribution in [3.8, 4) is 0 Å². The molecule has 0 bridgehead atoms. The molecule has 108 valence electrons. The van der Waals surface area contributed by atoms with E-state index in [-0.39, 0.29) is 6.04 Å². The van der Waals surface area contributed by atoms with Crippen LogP contribution in [0.1, 0.15) is 22.9 Å². The summed E-state index contributed by atoms with van der Waals surface area (Å²) in [6.45, 7) is 2.03. The quantitative estimate of drug-likeness (QED) is 0.800. The van der Waals surface area contributed by atoms with E-state index >= 15 is 0 Å². The molecule has 3 rings (SSSR count). The topological polar surface area (TPSA) is 43.8 Å². The van der Waals surface area contributed by atoms with Crippen molar-refractivity contribution in [3.05, 3.63) is 64.3 Å². The zero-order valence-electron chi connectivity index (χ0n) is 12.2. The van der Waals surface area contributed by atoms with Crippen LogP contribution in [0.15, 0.2) is 42.5 Å². The minimum atomic E-state index is -0.170. The van der Waals surface area contributed by atoms with E-state index in [0.29, 0.717) is 6.42 Å². The third kappa shape index (κ3) is 2.67. The number of halogens is 1. The summed E-state index contributed by atoms with van der Waals surface area (Å²) in [6.07, 6.45) is 0.681. The first-order chi connectivity index (χ1) is 10.1.